The van der Waals surface area contributed by atoms with Gasteiger partial charge in [0.25, 0.3) is 0 Å². The lowest BCUT2D eigenvalue weighted by Gasteiger charge is -2.34. The molecular weight excluding hydrogens is 374 g/mol. The molecule has 30 heavy (non-hydrogen) atoms. The summed E-state index contributed by atoms with van der Waals surface area (Å²) in [5, 5.41) is 0.949. The summed E-state index contributed by atoms with van der Waals surface area (Å²) < 4.78 is 11.9. The fraction of sp³-hybridized carbons (Fsp3) is 0.192. The van der Waals surface area contributed by atoms with E-state index in [0.717, 1.165) is 27.8 Å². The second-order valence-electron chi connectivity index (χ2n) is 7.78. The van der Waals surface area contributed by atoms with Crippen LogP contribution in [0, 0.1) is 6.92 Å². The molecule has 0 saturated heterocycles. The Bertz CT molecular complexity index is 1260. The van der Waals surface area contributed by atoms with Gasteiger partial charge in [-0.25, -0.2) is 4.79 Å². The van der Waals surface area contributed by atoms with E-state index in [2.05, 4.69) is 24.0 Å². The number of nitrogens with zero attached hydrogens (tertiary/aromatic N) is 1. The standard InChI is InChI=1S/C26H23NO3/c1-17-21-13-14-23-22(15-27(16-29-23)18(2)19-9-5-3-6-10-19)25(21)30-26(28)24(17)20-11-7-4-8-12-20/h3-14,18H,15-16H2,1-2H3. The number of ether oxygens (including phenoxy) is 1. The maximum absolute atomic E-state index is 13.0. The fourth-order valence-corrected chi connectivity index (χ4v) is 4.27. The van der Waals surface area contributed by atoms with Crippen LogP contribution < -0.4 is 10.4 Å². The van der Waals surface area contributed by atoms with Crippen LogP contribution in [-0.4, -0.2) is 11.6 Å². The quantitative estimate of drug-likeness (QED) is 0.417. The van der Waals surface area contributed by atoms with E-state index in [4.69, 9.17) is 9.15 Å². The van der Waals surface area contributed by atoms with E-state index in [1.54, 1.807) is 0 Å². The molecule has 150 valence electrons. The Hall–Kier alpha value is -3.37. The van der Waals surface area contributed by atoms with Gasteiger partial charge in [0.1, 0.15) is 18.1 Å². The molecular formula is C26H23NO3. The zero-order valence-electron chi connectivity index (χ0n) is 17.1. The first-order valence-corrected chi connectivity index (χ1v) is 10.2. The highest BCUT2D eigenvalue weighted by atomic mass is 16.5. The van der Waals surface area contributed by atoms with Crippen molar-refractivity contribution in [1.29, 1.82) is 0 Å². The van der Waals surface area contributed by atoms with Crippen LogP contribution in [0.4, 0.5) is 0 Å². The van der Waals surface area contributed by atoms with Crippen LogP contribution in [-0.2, 0) is 6.54 Å². The number of hydrogen-bond acceptors (Lipinski definition) is 4. The summed E-state index contributed by atoms with van der Waals surface area (Å²) in [6.45, 7) is 5.32. The van der Waals surface area contributed by atoms with Gasteiger partial charge in [-0.3, -0.25) is 4.90 Å². The third-order valence-electron chi connectivity index (χ3n) is 6.03. The van der Waals surface area contributed by atoms with Gasteiger partial charge in [-0.05, 0) is 42.7 Å². The van der Waals surface area contributed by atoms with Crippen LogP contribution in [0.5, 0.6) is 5.75 Å². The molecule has 1 aromatic heterocycles. The normalized spacial score (nSPS) is 14.9. The van der Waals surface area contributed by atoms with Gasteiger partial charge in [0.05, 0.1) is 11.1 Å². The molecule has 0 aliphatic carbocycles. The maximum Gasteiger partial charge on any atom is 0.344 e. The lowest BCUT2D eigenvalue weighted by atomic mass is 9.97. The molecule has 3 aromatic carbocycles. The van der Waals surface area contributed by atoms with Crippen molar-refractivity contribution in [3.63, 3.8) is 0 Å². The van der Waals surface area contributed by atoms with Crippen LogP contribution >= 0.6 is 0 Å². The van der Waals surface area contributed by atoms with E-state index < -0.39 is 0 Å². The maximum atomic E-state index is 13.0. The number of rotatable bonds is 3. The van der Waals surface area contributed by atoms with Crippen molar-refractivity contribution in [2.45, 2.75) is 26.4 Å². The first-order chi connectivity index (χ1) is 14.6. The van der Waals surface area contributed by atoms with Crippen LogP contribution in [0.25, 0.3) is 22.1 Å². The minimum absolute atomic E-state index is 0.186. The van der Waals surface area contributed by atoms with Gasteiger partial charge >= 0.3 is 5.63 Å². The van der Waals surface area contributed by atoms with Gasteiger partial charge in [0.15, 0.2) is 0 Å². The third kappa shape index (κ3) is 3.10. The molecule has 1 aliphatic rings. The van der Waals surface area contributed by atoms with Crippen LogP contribution in [0.3, 0.4) is 0 Å². The Morgan fingerprint density at radius 1 is 0.933 bits per heavy atom. The minimum Gasteiger partial charge on any atom is -0.478 e. The molecule has 4 aromatic rings. The Kier molecular flexibility index (Phi) is 4.64. The molecule has 4 nitrogen and oxygen atoms in total. The largest absolute Gasteiger partial charge is 0.478 e. The molecule has 0 fully saturated rings. The van der Waals surface area contributed by atoms with Crippen molar-refractivity contribution in [3.05, 3.63) is 99.9 Å². The van der Waals surface area contributed by atoms with Gasteiger partial charge in [-0.15, -0.1) is 0 Å². The van der Waals surface area contributed by atoms with Crippen molar-refractivity contribution in [2.75, 3.05) is 6.73 Å². The Balaban J connectivity index is 1.60. The van der Waals surface area contributed by atoms with Crippen LogP contribution in [0.2, 0.25) is 0 Å². The highest BCUT2D eigenvalue weighted by molar-refractivity contribution is 5.90. The summed E-state index contributed by atoms with van der Waals surface area (Å²) in [5.41, 5.74) is 4.90. The van der Waals surface area contributed by atoms with Crippen molar-refractivity contribution < 1.29 is 9.15 Å². The summed E-state index contributed by atoms with van der Waals surface area (Å²) >= 11 is 0. The third-order valence-corrected chi connectivity index (χ3v) is 6.03. The highest BCUT2D eigenvalue weighted by Crippen LogP contribution is 2.37. The molecule has 2 heterocycles. The molecule has 0 bridgehead atoms. The molecule has 0 spiro atoms. The van der Waals surface area contributed by atoms with Crippen LogP contribution in [0.1, 0.15) is 29.7 Å². The van der Waals surface area contributed by atoms with E-state index in [-0.39, 0.29) is 11.7 Å². The first kappa shape index (κ1) is 18.6. The van der Waals surface area contributed by atoms with Gasteiger partial charge in [0, 0.05) is 18.0 Å². The topological polar surface area (TPSA) is 42.7 Å². The van der Waals surface area contributed by atoms with E-state index in [9.17, 15) is 4.79 Å². The zero-order chi connectivity index (χ0) is 20.7. The molecule has 5 rings (SSSR count). The summed E-state index contributed by atoms with van der Waals surface area (Å²) in [6.07, 6.45) is 0. The predicted octanol–water partition coefficient (Wildman–Crippen LogP) is 5.68. The number of fused-ring (bicyclic) bond motifs is 3. The van der Waals surface area contributed by atoms with Crippen molar-refractivity contribution in [3.8, 4) is 16.9 Å². The van der Waals surface area contributed by atoms with Crippen LogP contribution in [0.15, 0.2) is 82.0 Å². The van der Waals surface area contributed by atoms with E-state index in [0.29, 0.717) is 24.4 Å². The number of benzene rings is 3. The van der Waals surface area contributed by atoms with E-state index >= 15 is 0 Å². The van der Waals surface area contributed by atoms with E-state index in [1.165, 1.54) is 5.56 Å². The minimum atomic E-state index is -0.312. The smallest absolute Gasteiger partial charge is 0.344 e. The Labute approximate surface area is 175 Å². The second kappa shape index (κ2) is 7.47. The van der Waals surface area contributed by atoms with Crippen molar-refractivity contribution >= 4 is 11.0 Å². The van der Waals surface area contributed by atoms with E-state index in [1.807, 2.05) is 67.6 Å². The predicted molar refractivity (Wildman–Crippen MR) is 119 cm³/mol. The Morgan fingerprint density at radius 2 is 1.63 bits per heavy atom. The van der Waals surface area contributed by atoms with Crippen molar-refractivity contribution in [2.24, 2.45) is 0 Å². The summed E-state index contributed by atoms with van der Waals surface area (Å²) in [6, 6.07) is 24.2. The van der Waals surface area contributed by atoms with Gasteiger partial charge < -0.3 is 9.15 Å². The highest BCUT2D eigenvalue weighted by Gasteiger charge is 2.26. The summed E-state index contributed by atoms with van der Waals surface area (Å²) in [4.78, 5) is 15.2. The van der Waals surface area contributed by atoms with Gasteiger partial charge in [0.2, 0.25) is 0 Å². The molecule has 0 saturated carbocycles. The molecule has 1 aliphatic heterocycles. The molecule has 4 heteroatoms. The lowest BCUT2D eigenvalue weighted by Crippen LogP contribution is -2.34. The van der Waals surface area contributed by atoms with Gasteiger partial charge in [-0.1, -0.05) is 60.7 Å². The monoisotopic (exact) mass is 397 g/mol. The average molecular weight is 397 g/mol. The summed E-state index contributed by atoms with van der Waals surface area (Å²) in [7, 11) is 0. The average Bonchev–Trinajstić information content (AvgIpc) is 2.79. The Morgan fingerprint density at radius 3 is 2.37 bits per heavy atom. The molecule has 1 atom stereocenters. The first-order valence-electron chi connectivity index (χ1n) is 10.2. The number of aryl methyl sites for hydroxylation is 1. The molecule has 0 N–H and O–H groups in total. The molecule has 0 radical (unpaired) electrons. The fourth-order valence-electron chi connectivity index (χ4n) is 4.27. The van der Waals surface area contributed by atoms with Crippen molar-refractivity contribution in [1.82, 2.24) is 4.90 Å². The SMILES string of the molecule is Cc1c(-c2ccccc2)c(=O)oc2c3c(ccc12)OCN(C(C)c1ccccc1)C3. The lowest BCUT2D eigenvalue weighted by molar-refractivity contribution is 0.0620. The molecule has 1 unspecified atom stereocenters. The second-order valence-corrected chi connectivity index (χ2v) is 7.78. The number of hydrogen-bond donors (Lipinski definition) is 0. The zero-order valence-corrected chi connectivity index (χ0v) is 17.1. The molecule has 0 amide bonds. The summed E-state index contributed by atoms with van der Waals surface area (Å²) in [5.74, 6) is 0.786. The van der Waals surface area contributed by atoms with Gasteiger partial charge in [-0.2, -0.15) is 0 Å².